The van der Waals surface area contributed by atoms with Crippen LogP contribution in [-0.2, 0) is 32.1 Å². The van der Waals surface area contributed by atoms with Crippen molar-refractivity contribution >= 4 is 51.9 Å². The van der Waals surface area contributed by atoms with Gasteiger partial charge in [0, 0.05) is 22.0 Å². The number of phenols is 1. The van der Waals surface area contributed by atoms with E-state index in [1.165, 1.54) is 11.0 Å². The normalized spacial score (nSPS) is 25.0. The molecule has 7 N–H and O–H groups in total. The number of aliphatic hydroxyl groups is 3. The van der Waals surface area contributed by atoms with E-state index in [0.29, 0.717) is 17.7 Å². The van der Waals surface area contributed by atoms with Crippen LogP contribution >= 0.6 is 22.6 Å². The van der Waals surface area contributed by atoms with Crippen molar-refractivity contribution in [1.82, 2.24) is 10.2 Å². The Balaban J connectivity index is 1.53. The van der Waals surface area contributed by atoms with Crippen molar-refractivity contribution in [2.24, 2.45) is 17.6 Å². The number of amides is 2. The van der Waals surface area contributed by atoms with E-state index in [0.717, 1.165) is 11.1 Å². The summed E-state index contributed by atoms with van der Waals surface area (Å²) in [6.07, 6.45) is -0.353. The molecule has 0 aliphatic heterocycles. The van der Waals surface area contributed by atoms with E-state index in [2.05, 4.69) is 27.9 Å². The number of aromatic hydroxyl groups is 1. The molecule has 0 saturated heterocycles. The maximum Gasteiger partial charge on any atom is 0.407 e. The molecule has 5 rings (SSSR count). The van der Waals surface area contributed by atoms with Crippen LogP contribution in [0.1, 0.15) is 30.0 Å². The van der Waals surface area contributed by atoms with Crippen molar-refractivity contribution in [3.63, 3.8) is 0 Å². The number of hydrogen-bond donors (Lipinski definition) is 6. The van der Waals surface area contributed by atoms with Gasteiger partial charge < -0.3 is 36.2 Å². The topological polar surface area (TPSA) is 200 Å². The van der Waals surface area contributed by atoms with Crippen molar-refractivity contribution in [1.29, 1.82) is 0 Å². The summed E-state index contributed by atoms with van der Waals surface area (Å²) in [5.41, 5.74) is 4.43. The monoisotopic (exact) mass is 731 g/mol. The number of ether oxygens (including phenoxy) is 1. The number of phenolic OH excluding ortho intramolecular Hbond substituents is 1. The predicted octanol–water partition coefficient (Wildman–Crippen LogP) is 2.68. The molecular formula is C32H34IN3O9. The molecule has 0 aromatic heterocycles. The van der Waals surface area contributed by atoms with Crippen LogP contribution in [0.15, 0.2) is 53.3 Å². The average molecular weight is 732 g/mol. The Labute approximate surface area is 272 Å². The number of primary amides is 1. The Kier molecular flexibility index (Phi) is 8.72. The van der Waals surface area contributed by atoms with E-state index in [4.69, 9.17) is 10.5 Å². The van der Waals surface area contributed by atoms with Crippen molar-refractivity contribution in [3.8, 4) is 16.9 Å². The van der Waals surface area contributed by atoms with Gasteiger partial charge in [-0.1, -0.05) is 59.8 Å². The summed E-state index contributed by atoms with van der Waals surface area (Å²) in [7, 11) is 3.11. The van der Waals surface area contributed by atoms with Gasteiger partial charge in [-0.25, -0.2) is 4.79 Å². The molecule has 238 valence electrons. The van der Waals surface area contributed by atoms with Crippen molar-refractivity contribution in [2.75, 3.05) is 20.7 Å². The number of Topliss-reactive ketones (excluding diaryl/α,β-unsaturated/α-hetero) is 2. The van der Waals surface area contributed by atoms with Gasteiger partial charge in [0.05, 0.1) is 11.6 Å². The number of likely N-dealkylation sites (N-methyl/N-ethyl adjacent to an activating group) is 1. The number of alkyl halides is 1. The summed E-state index contributed by atoms with van der Waals surface area (Å²) in [5, 5.41) is 47.8. The Morgan fingerprint density at radius 1 is 1.13 bits per heavy atom. The fourth-order valence-corrected chi connectivity index (χ4v) is 6.91. The minimum atomic E-state index is -2.69. The molecule has 1 fully saturated rings. The highest BCUT2D eigenvalue weighted by molar-refractivity contribution is 14.1. The number of ketones is 2. The molecule has 0 bridgehead atoms. The standard InChI is InChI=1S/C32H34IN3O9/c1-14(33)13-45-31(43)35-12-15-4-6-16(7-5-15)18-8-9-21(37)23-19(18)10-17-11-20-25(36(2)3)27(39)24(30(34)42)29(41)32(20,44)28(40)22(17)26(23)38/h4-9,14,17,20,25,37-38,41,44H,10-13H2,1-3H3,(H2,34,42)(H,35,43)/t14?,17-,20-,25-,32-/m0/s1. The number of halogens is 1. The summed E-state index contributed by atoms with van der Waals surface area (Å²) in [5.74, 6) is -6.96. The van der Waals surface area contributed by atoms with Gasteiger partial charge in [0.1, 0.15) is 29.4 Å². The number of fused-ring (bicyclic) bond motifs is 3. The highest BCUT2D eigenvalue weighted by atomic mass is 127. The molecule has 1 unspecified atom stereocenters. The third-order valence-electron chi connectivity index (χ3n) is 8.75. The van der Waals surface area contributed by atoms with E-state index in [1.54, 1.807) is 20.2 Å². The lowest BCUT2D eigenvalue weighted by atomic mass is 9.57. The van der Waals surface area contributed by atoms with Crippen LogP contribution in [-0.4, -0.2) is 85.2 Å². The van der Waals surface area contributed by atoms with Crippen LogP contribution < -0.4 is 11.1 Å². The molecule has 3 aliphatic carbocycles. The largest absolute Gasteiger partial charge is 0.508 e. The second-order valence-electron chi connectivity index (χ2n) is 11.9. The predicted molar refractivity (Wildman–Crippen MR) is 171 cm³/mol. The fraction of sp³-hybridized carbons (Fsp3) is 0.375. The first-order valence-corrected chi connectivity index (χ1v) is 15.6. The fourth-order valence-electron chi connectivity index (χ4n) is 6.73. The van der Waals surface area contributed by atoms with Gasteiger partial charge in [0.2, 0.25) is 5.78 Å². The lowest BCUT2D eigenvalue weighted by Gasteiger charge is -2.50. The molecule has 3 aliphatic rings. The first-order chi connectivity index (χ1) is 21.2. The van der Waals surface area contributed by atoms with Gasteiger partial charge in [0.15, 0.2) is 11.4 Å². The van der Waals surface area contributed by atoms with E-state index in [1.807, 2.05) is 31.2 Å². The van der Waals surface area contributed by atoms with Crippen molar-refractivity contribution in [3.05, 3.63) is 70.0 Å². The second-order valence-corrected chi connectivity index (χ2v) is 14.0. The quantitative estimate of drug-likeness (QED) is 0.140. The first-order valence-electron chi connectivity index (χ1n) is 14.3. The SMILES string of the molecule is CC(I)COC(=O)NCc1ccc(-c2ccc(O)c3c2C[C@H]2C[C@H]4[C@H](N(C)C)C(=O)C(C(N)=O)=C(O)[C@@]4(O)C(=O)C2=C3O)cc1. The molecule has 0 spiro atoms. The maximum absolute atomic E-state index is 14.0. The van der Waals surface area contributed by atoms with Crippen LogP contribution in [0.3, 0.4) is 0 Å². The zero-order chi connectivity index (χ0) is 33.0. The summed E-state index contributed by atoms with van der Waals surface area (Å²) >= 11 is 2.16. The summed E-state index contributed by atoms with van der Waals surface area (Å²) in [4.78, 5) is 52.9. The molecule has 5 atom stereocenters. The van der Waals surface area contributed by atoms with Crippen LogP contribution in [0, 0.1) is 11.8 Å². The number of carbonyl (C=O) groups is 4. The van der Waals surface area contributed by atoms with Gasteiger partial charge in [0.25, 0.3) is 5.91 Å². The van der Waals surface area contributed by atoms with Crippen LogP contribution in [0.25, 0.3) is 16.9 Å². The number of aliphatic hydroxyl groups excluding tert-OH is 2. The van der Waals surface area contributed by atoms with Gasteiger partial charge in [-0.15, -0.1) is 0 Å². The number of benzene rings is 2. The number of nitrogens with zero attached hydrogens (tertiary/aromatic N) is 1. The van der Waals surface area contributed by atoms with Gasteiger partial charge in [-0.3, -0.25) is 19.3 Å². The smallest absolute Gasteiger partial charge is 0.407 e. The number of hydrogen-bond acceptors (Lipinski definition) is 10. The summed E-state index contributed by atoms with van der Waals surface area (Å²) < 4.78 is 5.32. The molecule has 13 heteroatoms. The van der Waals surface area contributed by atoms with E-state index in [-0.39, 0.29) is 40.2 Å². The number of alkyl carbamates (subject to hydrolysis) is 1. The minimum absolute atomic E-state index is 0.00208. The minimum Gasteiger partial charge on any atom is -0.508 e. The lowest BCUT2D eigenvalue weighted by molar-refractivity contribution is -0.153. The molecule has 2 aromatic rings. The Morgan fingerprint density at radius 2 is 1.80 bits per heavy atom. The van der Waals surface area contributed by atoms with Gasteiger partial charge in [-0.2, -0.15) is 0 Å². The molecule has 0 heterocycles. The molecule has 12 nitrogen and oxygen atoms in total. The zero-order valence-corrected chi connectivity index (χ0v) is 27.0. The molecule has 2 amide bonds. The highest BCUT2D eigenvalue weighted by Gasteiger charge is 2.64. The average Bonchev–Trinajstić information content (AvgIpc) is 2.97. The van der Waals surface area contributed by atoms with Crippen LogP contribution in [0.4, 0.5) is 4.79 Å². The highest BCUT2D eigenvalue weighted by Crippen LogP contribution is 2.53. The lowest BCUT2D eigenvalue weighted by Crippen LogP contribution is -2.65. The third-order valence-corrected chi connectivity index (χ3v) is 9.11. The van der Waals surface area contributed by atoms with Gasteiger partial charge >= 0.3 is 6.09 Å². The van der Waals surface area contributed by atoms with E-state index in [9.17, 15) is 39.6 Å². The van der Waals surface area contributed by atoms with Crippen LogP contribution in [0.2, 0.25) is 0 Å². The molecular weight excluding hydrogens is 697 g/mol. The molecule has 45 heavy (non-hydrogen) atoms. The maximum atomic E-state index is 14.0. The van der Waals surface area contributed by atoms with Gasteiger partial charge in [-0.05, 0) is 61.2 Å². The summed E-state index contributed by atoms with van der Waals surface area (Å²) in [6, 6.07) is 9.24. The zero-order valence-electron chi connectivity index (χ0n) is 24.8. The van der Waals surface area contributed by atoms with Crippen LogP contribution in [0.5, 0.6) is 5.75 Å². The Morgan fingerprint density at radius 3 is 2.40 bits per heavy atom. The van der Waals surface area contributed by atoms with Crippen molar-refractivity contribution in [2.45, 2.75) is 41.9 Å². The third kappa shape index (κ3) is 5.46. The van der Waals surface area contributed by atoms with Crippen molar-refractivity contribution < 1.29 is 44.3 Å². The van der Waals surface area contributed by atoms with E-state index < -0.39 is 64.1 Å². The molecule has 1 saturated carbocycles. The summed E-state index contributed by atoms with van der Waals surface area (Å²) in [6.45, 7) is 2.47. The number of nitrogens with two attached hydrogens (primary N) is 1. The molecule has 0 radical (unpaired) electrons. The first kappa shape index (κ1) is 32.4. The number of carbonyl (C=O) groups excluding carboxylic acids is 4. The Hall–Kier alpha value is -3.95. The Bertz CT molecular complexity index is 1660. The number of nitrogens with one attached hydrogen (secondary N) is 1. The molecule has 2 aromatic carbocycles. The number of rotatable bonds is 7. The van der Waals surface area contributed by atoms with E-state index >= 15 is 0 Å². The second kappa shape index (κ2) is 12.1.